The van der Waals surface area contributed by atoms with Gasteiger partial charge in [-0.1, -0.05) is 11.6 Å². The molecule has 1 N–H and O–H groups in total. The normalized spacial score (nSPS) is 11.4. The summed E-state index contributed by atoms with van der Waals surface area (Å²) in [5, 5.41) is 2.04. The molecule has 0 aliphatic carbocycles. The van der Waals surface area contributed by atoms with Crippen molar-refractivity contribution in [2.45, 2.75) is 6.18 Å². The number of aromatic nitrogens is 2. The van der Waals surface area contributed by atoms with Crippen molar-refractivity contribution in [1.82, 2.24) is 15.3 Å². The lowest BCUT2D eigenvalue weighted by Gasteiger charge is -2.06. The Hall–Kier alpha value is -1.67. The molecule has 1 amide bonds. The molecular weight excluding hydrogens is 315 g/mol. The van der Waals surface area contributed by atoms with Crippen LogP contribution in [0.25, 0.3) is 10.6 Å². The van der Waals surface area contributed by atoms with Crippen LogP contribution < -0.4 is 5.32 Å². The summed E-state index contributed by atoms with van der Waals surface area (Å²) in [5.74, 6) is -0.903. The van der Waals surface area contributed by atoms with Crippen molar-refractivity contribution in [3.63, 3.8) is 0 Å². The molecule has 0 saturated carbocycles. The van der Waals surface area contributed by atoms with Gasteiger partial charge >= 0.3 is 6.18 Å². The van der Waals surface area contributed by atoms with Crippen molar-refractivity contribution in [3.05, 3.63) is 34.6 Å². The zero-order valence-electron chi connectivity index (χ0n) is 9.74. The van der Waals surface area contributed by atoms with E-state index in [4.69, 9.17) is 11.6 Å². The van der Waals surface area contributed by atoms with E-state index in [9.17, 15) is 18.0 Å². The van der Waals surface area contributed by atoms with E-state index >= 15 is 0 Å². The molecule has 0 unspecified atom stereocenters. The Balaban J connectivity index is 2.18. The molecule has 0 fully saturated rings. The highest BCUT2D eigenvalue weighted by atomic mass is 35.5. The average Bonchev–Trinajstić information content (AvgIpc) is 2.78. The predicted octanol–water partition coefficient (Wildman–Crippen LogP) is 3.15. The fraction of sp³-hybridized carbons (Fsp3) is 0.182. The summed E-state index contributed by atoms with van der Waals surface area (Å²) < 4.78 is 36.1. The first kappa shape index (κ1) is 14.7. The van der Waals surface area contributed by atoms with Crippen LogP contribution in [0.2, 0.25) is 5.15 Å². The standard InChI is InChI=1S/C11H7ClF3N3OS/c12-8-7(9(19)17-5-11(13,14)15)20-10(18-8)6-2-1-3-16-4-6/h1-4H,5H2,(H,17,19). The number of nitrogens with zero attached hydrogens (tertiary/aromatic N) is 2. The summed E-state index contributed by atoms with van der Waals surface area (Å²) in [6, 6.07) is 3.38. The van der Waals surface area contributed by atoms with Gasteiger partial charge < -0.3 is 5.32 Å². The predicted molar refractivity (Wildman–Crippen MR) is 68.7 cm³/mol. The topological polar surface area (TPSA) is 54.9 Å². The first-order valence-corrected chi connectivity index (χ1v) is 6.48. The second-order valence-electron chi connectivity index (χ2n) is 3.68. The highest BCUT2D eigenvalue weighted by molar-refractivity contribution is 7.17. The number of halogens is 4. The molecule has 2 aromatic heterocycles. The monoisotopic (exact) mass is 321 g/mol. The minimum Gasteiger partial charge on any atom is -0.342 e. The second-order valence-corrected chi connectivity index (χ2v) is 5.04. The van der Waals surface area contributed by atoms with Gasteiger partial charge in [-0.25, -0.2) is 4.98 Å². The number of nitrogens with one attached hydrogen (secondary N) is 1. The molecule has 0 aliphatic rings. The number of amides is 1. The van der Waals surface area contributed by atoms with E-state index in [2.05, 4.69) is 9.97 Å². The third-order valence-electron chi connectivity index (χ3n) is 2.15. The molecule has 106 valence electrons. The van der Waals surface area contributed by atoms with Crippen molar-refractivity contribution >= 4 is 28.8 Å². The molecular formula is C11H7ClF3N3OS. The van der Waals surface area contributed by atoms with Gasteiger partial charge in [-0.15, -0.1) is 11.3 Å². The van der Waals surface area contributed by atoms with Gasteiger partial charge in [0.05, 0.1) is 0 Å². The highest BCUT2D eigenvalue weighted by Crippen LogP contribution is 2.30. The number of pyridine rings is 1. The first-order valence-electron chi connectivity index (χ1n) is 5.28. The fourth-order valence-electron chi connectivity index (χ4n) is 1.32. The lowest BCUT2D eigenvalue weighted by molar-refractivity contribution is -0.123. The molecule has 2 rings (SSSR count). The lowest BCUT2D eigenvalue weighted by atomic mass is 10.3. The molecule has 2 heterocycles. The fourth-order valence-corrected chi connectivity index (χ4v) is 2.51. The zero-order chi connectivity index (χ0) is 14.8. The minimum atomic E-state index is -4.47. The van der Waals surface area contributed by atoms with Crippen molar-refractivity contribution in [2.75, 3.05) is 6.54 Å². The van der Waals surface area contributed by atoms with Gasteiger partial charge in [0.15, 0.2) is 5.15 Å². The molecule has 0 saturated heterocycles. The van der Waals surface area contributed by atoms with Crippen LogP contribution in [0.4, 0.5) is 13.2 Å². The SMILES string of the molecule is O=C(NCC(F)(F)F)c1sc(-c2cccnc2)nc1Cl. The minimum absolute atomic E-state index is 0.0604. The Morgan fingerprint density at radius 1 is 1.45 bits per heavy atom. The molecule has 2 aromatic rings. The zero-order valence-corrected chi connectivity index (χ0v) is 11.3. The number of carbonyl (C=O) groups is 1. The lowest BCUT2D eigenvalue weighted by Crippen LogP contribution is -2.33. The number of hydrogen-bond donors (Lipinski definition) is 1. The van der Waals surface area contributed by atoms with Crippen molar-refractivity contribution in [2.24, 2.45) is 0 Å². The van der Waals surface area contributed by atoms with Crippen LogP contribution in [-0.2, 0) is 0 Å². The number of alkyl halides is 3. The van der Waals surface area contributed by atoms with E-state index < -0.39 is 18.6 Å². The quantitative estimate of drug-likeness (QED) is 0.945. The van der Waals surface area contributed by atoms with Crippen LogP contribution in [0.1, 0.15) is 9.67 Å². The van der Waals surface area contributed by atoms with Crippen LogP contribution in [0, 0.1) is 0 Å². The number of carbonyl (C=O) groups excluding carboxylic acids is 1. The van der Waals surface area contributed by atoms with Gasteiger partial charge in [0, 0.05) is 18.0 Å². The Kier molecular flexibility index (Phi) is 4.24. The molecule has 9 heteroatoms. The van der Waals surface area contributed by atoms with E-state index in [0.717, 1.165) is 11.3 Å². The molecule has 0 aliphatic heterocycles. The smallest absolute Gasteiger partial charge is 0.342 e. The van der Waals surface area contributed by atoms with Gasteiger partial charge in [-0.2, -0.15) is 13.2 Å². The maximum atomic E-state index is 12.0. The summed E-state index contributed by atoms with van der Waals surface area (Å²) in [6.07, 6.45) is -1.39. The van der Waals surface area contributed by atoms with Crippen LogP contribution >= 0.6 is 22.9 Å². The van der Waals surface area contributed by atoms with E-state index in [1.807, 2.05) is 0 Å². The molecule has 0 atom stereocenters. The van der Waals surface area contributed by atoms with E-state index in [1.165, 1.54) is 6.20 Å². The molecule has 0 bridgehead atoms. The van der Waals surface area contributed by atoms with Crippen LogP contribution in [0.5, 0.6) is 0 Å². The van der Waals surface area contributed by atoms with E-state index in [0.29, 0.717) is 10.6 Å². The third kappa shape index (κ3) is 3.67. The summed E-state index contributed by atoms with van der Waals surface area (Å²) in [7, 11) is 0. The van der Waals surface area contributed by atoms with Gasteiger partial charge in [-0.3, -0.25) is 9.78 Å². The van der Waals surface area contributed by atoms with Gasteiger partial charge in [0.2, 0.25) is 0 Å². The largest absolute Gasteiger partial charge is 0.405 e. The van der Waals surface area contributed by atoms with E-state index in [1.54, 1.807) is 23.6 Å². The van der Waals surface area contributed by atoms with E-state index in [-0.39, 0.29) is 10.0 Å². The van der Waals surface area contributed by atoms with Gasteiger partial charge in [-0.05, 0) is 12.1 Å². The first-order chi connectivity index (χ1) is 9.37. The molecule has 4 nitrogen and oxygen atoms in total. The van der Waals surface area contributed by atoms with Crippen LogP contribution in [-0.4, -0.2) is 28.6 Å². The van der Waals surface area contributed by atoms with Crippen molar-refractivity contribution < 1.29 is 18.0 Å². The average molecular weight is 322 g/mol. The summed E-state index contributed by atoms with van der Waals surface area (Å²) >= 11 is 6.69. The molecule has 0 spiro atoms. The van der Waals surface area contributed by atoms with Crippen molar-refractivity contribution in [1.29, 1.82) is 0 Å². The number of hydrogen-bond acceptors (Lipinski definition) is 4. The molecule has 0 aromatic carbocycles. The van der Waals surface area contributed by atoms with Gasteiger partial charge in [0.25, 0.3) is 5.91 Å². The Labute approximate surface area is 120 Å². The Morgan fingerprint density at radius 2 is 2.20 bits per heavy atom. The Morgan fingerprint density at radius 3 is 2.80 bits per heavy atom. The third-order valence-corrected chi connectivity index (χ3v) is 3.64. The maximum absolute atomic E-state index is 12.0. The number of rotatable bonds is 3. The summed E-state index contributed by atoms with van der Waals surface area (Å²) in [5.41, 5.74) is 0.634. The second kappa shape index (κ2) is 5.76. The highest BCUT2D eigenvalue weighted by Gasteiger charge is 2.29. The van der Waals surface area contributed by atoms with Crippen LogP contribution in [0.3, 0.4) is 0 Å². The van der Waals surface area contributed by atoms with Gasteiger partial charge in [0.1, 0.15) is 16.4 Å². The maximum Gasteiger partial charge on any atom is 0.405 e. The van der Waals surface area contributed by atoms with Crippen molar-refractivity contribution in [3.8, 4) is 10.6 Å². The summed E-state index contributed by atoms with van der Waals surface area (Å²) in [6.45, 7) is -1.41. The Bertz CT molecular complexity index is 615. The van der Waals surface area contributed by atoms with Crippen LogP contribution in [0.15, 0.2) is 24.5 Å². The number of thiazole rings is 1. The summed E-state index contributed by atoms with van der Waals surface area (Å²) in [4.78, 5) is 19.4. The molecule has 0 radical (unpaired) electrons. The molecule has 20 heavy (non-hydrogen) atoms.